The van der Waals surface area contributed by atoms with Crippen LogP contribution in [0.25, 0.3) is 0 Å². The van der Waals surface area contributed by atoms with Crippen LogP contribution in [-0.2, 0) is 22.4 Å². The highest BCUT2D eigenvalue weighted by Crippen LogP contribution is 2.14. The van der Waals surface area contributed by atoms with Gasteiger partial charge >= 0.3 is 11.9 Å². The lowest BCUT2D eigenvalue weighted by Crippen LogP contribution is -2.23. The van der Waals surface area contributed by atoms with Crippen LogP contribution in [0, 0.1) is 0 Å². The summed E-state index contributed by atoms with van der Waals surface area (Å²) in [6.07, 6.45) is 2.12. The Morgan fingerprint density at radius 2 is 1.96 bits per heavy atom. The number of rotatable bonds is 5. The van der Waals surface area contributed by atoms with Gasteiger partial charge in [0.05, 0.1) is 12.7 Å². The largest absolute Gasteiger partial charge is 0.463 e. The average molecular weight is 331 g/mol. The first-order valence-electron chi connectivity index (χ1n) is 7.58. The Morgan fingerprint density at radius 1 is 1.21 bits per heavy atom. The summed E-state index contributed by atoms with van der Waals surface area (Å²) in [6, 6.07) is 7.26. The molecular weight excluding hydrogens is 310 g/mol. The topological polar surface area (TPSA) is 83.3 Å². The maximum absolute atomic E-state index is 12.1. The Hall–Kier alpha value is -2.70. The van der Waals surface area contributed by atoms with E-state index in [2.05, 4.69) is 14.8 Å². The number of aryl methyl sites for hydroxylation is 2. The normalized spacial score (nSPS) is 11.2. The summed E-state index contributed by atoms with van der Waals surface area (Å²) in [7, 11) is 1.28. The van der Waals surface area contributed by atoms with Crippen molar-refractivity contribution in [1.29, 1.82) is 0 Å². The van der Waals surface area contributed by atoms with Crippen molar-refractivity contribution in [2.75, 3.05) is 7.11 Å². The fourth-order valence-corrected chi connectivity index (χ4v) is 2.02. The first-order chi connectivity index (χ1) is 11.3. The second-order valence-electron chi connectivity index (χ2n) is 6.28. The van der Waals surface area contributed by atoms with Crippen molar-refractivity contribution < 1.29 is 19.1 Å². The highest BCUT2D eigenvalue weighted by atomic mass is 16.6. The van der Waals surface area contributed by atoms with Gasteiger partial charge in [0.2, 0.25) is 0 Å². The van der Waals surface area contributed by atoms with E-state index in [1.54, 1.807) is 16.8 Å². The molecule has 0 radical (unpaired) electrons. The molecule has 1 heterocycles. The molecule has 0 fully saturated rings. The lowest BCUT2D eigenvalue weighted by atomic mass is 10.1. The van der Waals surface area contributed by atoms with Crippen LogP contribution in [0.5, 0.6) is 0 Å². The van der Waals surface area contributed by atoms with Crippen molar-refractivity contribution in [3.8, 4) is 0 Å². The molecule has 0 amide bonds. The summed E-state index contributed by atoms with van der Waals surface area (Å²) in [5.41, 5.74) is 0.947. The predicted octanol–water partition coefficient (Wildman–Crippen LogP) is 2.26. The van der Waals surface area contributed by atoms with Gasteiger partial charge in [-0.25, -0.2) is 14.6 Å². The molecule has 0 aliphatic rings. The number of hydrogen-bond donors (Lipinski definition) is 0. The van der Waals surface area contributed by atoms with E-state index in [0.29, 0.717) is 18.5 Å². The third-order valence-electron chi connectivity index (χ3n) is 3.10. The summed E-state index contributed by atoms with van der Waals surface area (Å²) in [5, 5.41) is 4.04. The number of benzene rings is 1. The van der Waals surface area contributed by atoms with Gasteiger partial charge in [-0.1, -0.05) is 12.1 Å². The quantitative estimate of drug-likeness (QED) is 0.782. The zero-order valence-electron chi connectivity index (χ0n) is 14.3. The van der Waals surface area contributed by atoms with Crippen molar-refractivity contribution in [3.63, 3.8) is 0 Å². The summed E-state index contributed by atoms with van der Waals surface area (Å²) >= 11 is 0. The predicted molar refractivity (Wildman–Crippen MR) is 86.7 cm³/mol. The first kappa shape index (κ1) is 17.7. The van der Waals surface area contributed by atoms with Crippen LogP contribution < -0.4 is 0 Å². The van der Waals surface area contributed by atoms with Crippen molar-refractivity contribution in [2.45, 2.75) is 39.3 Å². The van der Waals surface area contributed by atoms with E-state index in [1.807, 2.05) is 32.9 Å². The molecule has 0 unspecified atom stereocenters. The van der Waals surface area contributed by atoms with Gasteiger partial charge in [-0.15, -0.1) is 5.10 Å². The number of carbonyl (C=O) groups is 2. The second kappa shape index (κ2) is 7.25. The lowest BCUT2D eigenvalue weighted by molar-refractivity contribution is 0.00692. The number of hydrogen-bond acceptors (Lipinski definition) is 6. The smallest absolute Gasteiger partial charge is 0.377 e. The summed E-state index contributed by atoms with van der Waals surface area (Å²) < 4.78 is 11.5. The highest BCUT2D eigenvalue weighted by Gasteiger charge is 2.18. The maximum Gasteiger partial charge on any atom is 0.377 e. The van der Waals surface area contributed by atoms with Crippen LogP contribution in [0.3, 0.4) is 0 Å². The van der Waals surface area contributed by atoms with E-state index in [4.69, 9.17) is 4.74 Å². The zero-order valence-corrected chi connectivity index (χ0v) is 14.3. The van der Waals surface area contributed by atoms with Crippen molar-refractivity contribution >= 4 is 11.9 Å². The Labute approximate surface area is 140 Å². The minimum Gasteiger partial charge on any atom is -0.463 e. The molecule has 1 aromatic carbocycles. The number of carbonyl (C=O) groups excluding carboxylic acids is 2. The van der Waals surface area contributed by atoms with Crippen LogP contribution in [0.15, 0.2) is 30.6 Å². The van der Waals surface area contributed by atoms with Crippen LogP contribution in [0.2, 0.25) is 0 Å². The number of ether oxygens (including phenoxy) is 2. The van der Waals surface area contributed by atoms with Crippen molar-refractivity contribution in [1.82, 2.24) is 14.8 Å². The fraction of sp³-hybridized carbons (Fsp3) is 0.412. The molecule has 7 nitrogen and oxygen atoms in total. The molecule has 2 aromatic rings. The summed E-state index contributed by atoms with van der Waals surface area (Å²) in [4.78, 5) is 27.3. The van der Waals surface area contributed by atoms with Gasteiger partial charge in [0.1, 0.15) is 11.9 Å². The van der Waals surface area contributed by atoms with E-state index >= 15 is 0 Å². The van der Waals surface area contributed by atoms with E-state index in [1.165, 1.54) is 13.4 Å². The van der Waals surface area contributed by atoms with Gasteiger partial charge in [-0.3, -0.25) is 4.68 Å². The monoisotopic (exact) mass is 331 g/mol. The molecule has 0 bridgehead atoms. The van der Waals surface area contributed by atoms with E-state index in [0.717, 1.165) is 5.56 Å². The third-order valence-corrected chi connectivity index (χ3v) is 3.10. The Kier molecular flexibility index (Phi) is 5.33. The van der Waals surface area contributed by atoms with E-state index in [9.17, 15) is 9.59 Å². The zero-order chi connectivity index (χ0) is 17.7. The number of aromatic nitrogens is 3. The lowest BCUT2D eigenvalue weighted by Gasteiger charge is -2.19. The SMILES string of the molecule is COC(=O)c1ncn(CCc2cccc(C(=O)OC(C)(C)C)c2)n1. The molecule has 2 rings (SSSR count). The van der Waals surface area contributed by atoms with Gasteiger partial charge in [0, 0.05) is 6.54 Å². The summed E-state index contributed by atoms with van der Waals surface area (Å²) in [5.74, 6) is -0.890. The van der Waals surface area contributed by atoms with Crippen molar-refractivity contribution in [3.05, 3.63) is 47.5 Å². The molecule has 0 atom stereocenters. The summed E-state index contributed by atoms with van der Waals surface area (Å²) in [6.45, 7) is 6.02. The molecule has 0 saturated carbocycles. The van der Waals surface area contributed by atoms with Crippen LogP contribution in [0.1, 0.15) is 47.3 Å². The molecule has 0 aliphatic heterocycles. The molecule has 24 heavy (non-hydrogen) atoms. The van der Waals surface area contributed by atoms with Gasteiger partial charge < -0.3 is 9.47 Å². The Bertz CT molecular complexity index is 731. The molecular formula is C17H21N3O4. The van der Waals surface area contributed by atoms with Gasteiger partial charge in [0.15, 0.2) is 0 Å². The fourth-order valence-electron chi connectivity index (χ4n) is 2.02. The third kappa shape index (κ3) is 4.91. The van der Waals surface area contributed by atoms with Gasteiger partial charge in [0.25, 0.3) is 5.82 Å². The molecule has 128 valence electrons. The average Bonchev–Trinajstić information content (AvgIpc) is 3.00. The maximum atomic E-state index is 12.1. The van der Waals surface area contributed by atoms with Crippen LogP contribution in [0.4, 0.5) is 0 Å². The molecule has 0 spiro atoms. The van der Waals surface area contributed by atoms with Crippen LogP contribution >= 0.6 is 0 Å². The number of esters is 2. The Morgan fingerprint density at radius 3 is 2.62 bits per heavy atom. The van der Waals surface area contributed by atoms with E-state index in [-0.39, 0.29) is 11.8 Å². The van der Waals surface area contributed by atoms with Gasteiger partial charge in [-0.2, -0.15) is 0 Å². The molecule has 0 saturated heterocycles. The van der Waals surface area contributed by atoms with Gasteiger partial charge in [-0.05, 0) is 44.9 Å². The Balaban J connectivity index is 2.01. The molecule has 0 N–H and O–H groups in total. The number of methoxy groups -OCH3 is 1. The second-order valence-corrected chi connectivity index (χ2v) is 6.28. The van der Waals surface area contributed by atoms with E-state index < -0.39 is 11.6 Å². The first-order valence-corrected chi connectivity index (χ1v) is 7.58. The molecule has 0 aliphatic carbocycles. The number of nitrogens with zero attached hydrogens (tertiary/aromatic N) is 3. The van der Waals surface area contributed by atoms with Crippen LogP contribution in [-0.4, -0.2) is 39.4 Å². The minimum absolute atomic E-state index is 0.0278. The minimum atomic E-state index is -0.569. The van der Waals surface area contributed by atoms with Crippen molar-refractivity contribution in [2.24, 2.45) is 0 Å². The highest BCUT2D eigenvalue weighted by molar-refractivity contribution is 5.89. The molecule has 7 heteroatoms. The standard InChI is InChI=1S/C17H21N3O4/c1-17(2,3)24-15(21)13-7-5-6-12(10-13)8-9-20-11-18-14(19-20)16(22)23-4/h5-7,10-11H,8-9H2,1-4H3. The molecule has 1 aromatic heterocycles.